The highest BCUT2D eigenvalue weighted by atomic mass is 79.9. The van der Waals surface area contributed by atoms with Crippen molar-refractivity contribution in [2.45, 2.75) is 20.0 Å². The molecule has 1 saturated heterocycles. The normalized spacial score (nSPS) is 18.0. The van der Waals surface area contributed by atoms with Crippen molar-refractivity contribution in [2.75, 3.05) is 44.7 Å². The number of nitrogens with zero attached hydrogens (tertiary/aromatic N) is 1. The molecule has 112 valence electrons. The second-order valence-electron chi connectivity index (χ2n) is 5.36. The first-order valence-corrected chi connectivity index (χ1v) is 7.84. The number of halogens is 1. The summed E-state index contributed by atoms with van der Waals surface area (Å²) in [6.07, 6.45) is -0.365. The molecule has 0 aromatic heterocycles. The smallest absolute Gasteiger partial charge is 0.0839 e. The lowest BCUT2D eigenvalue weighted by atomic mass is 10.1. The summed E-state index contributed by atoms with van der Waals surface area (Å²) in [6.45, 7) is 8.78. The van der Waals surface area contributed by atoms with Crippen molar-refractivity contribution in [1.29, 1.82) is 0 Å². The summed E-state index contributed by atoms with van der Waals surface area (Å²) in [5.41, 5.74) is 3.50. The lowest BCUT2D eigenvalue weighted by Gasteiger charge is -2.28. The molecule has 2 N–H and O–H groups in total. The van der Waals surface area contributed by atoms with Gasteiger partial charge in [-0.05, 0) is 37.1 Å². The standard InChI is InChI=1S/C15H23BrN2O2/c1-11-7-13(16)8-12(2)15(11)17-9-14(19)10-18-3-5-20-6-4-18/h7-8,14,17,19H,3-6,9-10H2,1-2H3. The van der Waals surface area contributed by atoms with Gasteiger partial charge >= 0.3 is 0 Å². The third-order valence-electron chi connectivity index (χ3n) is 3.58. The number of anilines is 1. The minimum absolute atomic E-state index is 0.365. The van der Waals surface area contributed by atoms with Crippen LogP contribution in [0.15, 0.2) is 16.6 Å². The summed E-state index contributed by atoms with van der Waals surface area (Å²) in [4.78, 5) is 2.25. The number of hydrogen-bond acceptors (Lipinski definition) is 4. The molecule has 0 amide bonds. The van der Waals surface area contributed by atoms with Crippen molar-refractivity contribution in [3.63, 3.8) is 0 Å². The van der Waals surface area contributed by atoms with E-state index >= 15 is 0 Å². The maximum atomic E-state index is 10.1. The number of β-amino-alcohol motifs (C(OH)–C–C–N with tert-alkyl or cyclic N) is 1. The molecule has 0 radical (unpaired) electrons. The topological polar surface area (TPSA) is 44.7 Å². The SMILES string of the molecule is Cc1cc(Br)cc(C)c1NCC(O)CN1CCOCC1. The van der Waals surface area contributed by atoms with Gasteiger partial charge in [0.15, 0.2) is 0 Å². The Hall–Kier alpha value is -0.620. The molecule has 1 aromatic rings. The molecule has 20 heavy (non-hydrogen) atoms. The van der Waals surface area contributed by atoms with Gasteiger partial charge in [-0.2, -0.15) is 0 Å². The molecule has 1 aliphatic rings. The first kappa shape index (κ1) is 15.8. The fourth-order valence-corrected chi connectivity index (χ4v) is 3.24. The summed E-state index contributed by atoms with van der Waals surface area (Å²) < 4.78 is 6.40. The number of rotatable bonds is 5. The van der Waals surface area contributed by atoms with Crippen LogP contribution in [0.5, 0.6) is 0 Å². The van der Waals surface area contributed by atoms with Gasteiger partial charge < -0.3 is 15.2 Å². The van der Waals surface area contributed by atoms with Crippen LogP contribution in [0.4, 0.5) is 5.69 Å². The second kappa shape index (κ2) is 7.41. The number of aliphatic hydroxyl groups excluding tert-OH is 1. The van der Waals surface area contributed by atoms with Gasteiger partial charge in [0.25, 0.3) is 0 Å². The summed E-state index contributed by atoms with van der Waals surface area (Å²) in [6, 6.07) is 4.17. The number of ether oxygens (including phenoxy) is 1. The Morgan fingerprint density at radius 2 is 1.90 bits per heavy atom. The maximum absolute atomic E-state index is 10.1. The zero-order valence-electron chi connectivity index (χ0n) is 12.2. The second-order valence-corrected chi connectivity index (χ2v) is 6.28. The minimum Gasteiger partial charge on any atom is -0.390 e. The Bertz CT molecular complexity index is 424. The molecule has 0 spiro atoms. The zero-order valence-corrected chi connectivity index (χ0v) is 13.7. The molecule has 0 aliphatic carbocycles. The average molecular weight is 343 g/mol. The molecule has 1 aliphatic heterocycles. The van der Waals surface area contributed by atoms with E-state index in [0.717, 1.165) is 36.5 Å². The van der Waals surface area contributed by atoms with Crippen molar-refractivity contribution in [2.24, 2.45) is 0 Å². The van der Waals surface area contributed by atoms with Crippen LogP contribution in [0.1, 0.15) is 11.1 Å². The number of aryl methyl sites for hydroxylation is 2. The largest absolute Gasteiger partial charge is 0.390 e. The van der Waals surface area contributed by atoms with E-state index in [1.165, 1.54) is 11.1 Å². The van der Waals surface area contributed by atoms with Gasteiger partial charge in [-0.15, -0.1) is 0 Å². The van der Waals surface area contributed by atoms with Crippen LogP contribution < -0.4 is 5.32 Å². The molecule has 5 heteroatoms. The Balaban J connectivity index is 1.85. The molecule has 1 heterocycles. The number of hydrogen-bond donors (Lipinski definition) is 2. The Kier molecular flexibility index (Phi) is 5.84. The molecule has 1 aromatic carbocycles. The summed E-state index contributed by atoms with van der Waals surface area (Å²) in [5, 5.41) is 13.5. The molecule has 1 fully saturated rings. The van der Waals surface area contributed by atoms with Crippen molar-refractivity contribution in [3.05, 3.63) is 27.7 Å². The van der Waals surface area contributed by atoms with Gasteiger partial charge in [0.1, 0.15) is 0 Å². The lowest BCUT2D eigenvalue weighted by molar-refractivity contribution is 0.0171. The van der Waals surface area contributed by atoms with Crippen molar-refractivity contribution >= 4 is 21.6 Å². The Labute approximate surface area is 129 Å². The van der Waals surface area contributed by atoms with E-state index in [9.17, 15) is 5.11 Å². The van der Waals surface area contributed by atoms with Gasteiger partial charge in [-0.25, -0.2) is 0 Å². The molecular weight excluding hydrogens is 320 g/mol. The highest BCUT2D eigenvalue weighted by molar-refractivity contribution is 9.10. The molecule has 1 atom stereocenters. The van der Waals surface area contributed by atoms with Crippen LogP contribution in [0, 0.1) is 13.8 Å². The summed E-state index contributed by atoms with van der Waals surface area (Å²) in [5.74, 6) is 0. The number of morpholine rings is 1. The van der Waals surface area contributed by atoms with Gasteiger partial charge in [-0.3, -0.25) is 4.90 Å². The van der Waals surface area contributed by atoms with Crippen molar-refractivity contribution in [3.8, 4) is 0 Å². The van der Waals surface area contributed by atoms with Gasteiger partial charge in [0.05, 0.1) is 19.3 Å². The van der Waals surface area contributed by atoms with Crippen LogP contribution in [-0.4, -0.2) is 55.5 Å². The first-order chi connectivity index (χ1) is 9.56. The highest BCUT2D eigenvalue weighted by Gasteiger charge is 2.15. The summed E-state index contributed by atoms with van der Waals surface area (Å²) in [7, 11) is 0. The molecular formula is C15H23BrN2O2. The Morgan fingerprint density at radius 3 is 2.50 bits per heavy atom. The third kappa shape index (κ3) is 4.45. The van der Waals surface area contributed by atoms with Gasteiger partial charge in [0.2, 0.25) is 0 Å². The molecule has 2 rings (SSSR count). The van der Waals surface area contributed by atoms with Crippen LogP contribution in [-0.2, 0) is 4.74 Å². The zero-order chi connectivity index (χ0) is 14.5. The number of aliphatic hydroxyl groups is 1. The summed E-state index contributed by atoms with van der Waals surface area (Å²) >= 11 is 3.50. The van der Waals surface area contributed by atoms with E-state index in [0.29, 0.717) is 13.1 Å². The van der Waals surface area contributed by atoms with E-state index in [-0.39, 0.29) is 6.10 Å². The van der Waals surface area contributed by atoms with Crippen molar-refractivity contribution < 1.29 is 9.84 Å². The van der Waals surface area contributed by atoms with Gasteiger partial charge in [0, 0.05) is 36.3 Å². The van der Waals surface area contributed by atoms with Crippen molar-refractivity contribution in [1.82, 2.24) is 4.90 Å². The van der Waals surface area contributed by atoms with Crippen LogP contribution >= 0.6 is 15.9 Å². The molecule has 0 bridgehead atoms. The predicted octanol–water partition coefficient (Wildman–Crippen LogP) is 2.17. The van der Waals surface area contributed by atoms with E-state index in [4.69, 9.17) is 4.74 Å². The first-order valence-electron chi connectivity index (χ1n) is 7.05. The fourth-order valence-electron chi connectivity index (χ4n) is 2.56. The van der Waals surface area contributed by atoms with Crippen LogP contribution in [0.25, 0.3) is 0 Å². The molecule has 0 saturated carbocycles. The number of benzene rings is 1. The number of nitrogens with one attached hydrogen (secondary N) is 1. The Morgan fingerprint density at radius 1 is 1.30 bits per heavy atom. The average Bonchev–Trinajstić information content (AvgIpc) is 2.38. The van der Waals surface area contributed by atoms with E-state index in [1.54, 1.807) is 0 Å². The quantitative estimate of drug-likeness (QED) is 0.860. The monoisotopic (exact) mass is 342 g/mol. The fraction of sp³-hybridized carbons (Fsp3) is 0.600. The highest BCUT2D eigenvalue weighted by Crippen LogP contribution is 2.24. The van der Waals surface area contributed by atoms with E-state index < -0.39 is 0 Å². The minimum atomic E-state index is -0.365. The lowest BCUT2D eigenvalue weighted by Crippen LogP contribution is -2.42. The third-order valence-corrected chi connectivity index (χ3v) is 4.04. The predicted molar refractivity (Wildman–Crippen MR) is 85.4 cm³/mol. The van der Waals surface area contributed by atoms with Gasteiger partial charge in [-0.1, -0.05) is 15.9 Å². The molecule has 4 nitrogen and oxygen atoms in total. The maximum Gasteiger partial charge on any atom is 0.0839 e. The van der Waals surface area contributed by atoms with E-state index in [2.05, 4.69) is 52.1 Å². The molecule has 1 unspecified atom stereocenters. The van der Waals surface area contributed by atoms with Crippen LogP contribution in [0.3, 0.4) is 0 Å². The van der Waals surface area contributed by atoms with E-state index in [1.807, 2.05) is 0 Å². The van der Waals surface area contributed by atoms with Crippen LogP contribution in [0.2, 0.25) is 0 Å².